The number of methoxy groups -OCH3 is 1. The number of aliphatic hydroxyl groups excluding tert-OH is 1. The van der Waals surface area contributed by atoms with E-state index in [0.717, 1.165) is 0 Å². The Morgan fingerprint density at radius 2 is 2.11 bits per heavy atom. The van der Waals surface area contributed by atoms with Crippen LogP contribution in [0.2, 0.25) is 0 Å². The molecule has 4 nitrogen and oxygen atoms in total. The Balaban J connectivity index is 2.18. The number of halogens is 2. The standard InChI is InChI=1S/C12H21F2NO3/c1-18-8-10(16)4-7-15-11(17)9-2-5-12(13,14)6-3-9/h9-10,16H,2-8H2,1H3,(H,15,17). The van der Waals surface area contributed by atoms with Gasteiger partial charge < -0.3 is 15.2 Å². The first-order valence-electron chi connectivity index (χ1n) is 6.27. The van der Waals surface area contributed by atoms with Crippen LogP contribution in [-0.4, -0.2) is 43.3 Å². The number of amides is 1. The minimum Gasteiger partial charge on any atom is -0.391 e. The smallest absolute Gasteiger partial charge is 0.248 e. The second-order valence-corrected chi connectivity index (χ2v) is 4.82. The zero-order chi connectivity index (χ0) is 13.6. The van der Waals surface area contributed by atoms with E-state index in [1.807, 2.05) is 0 Å². The molecule has 0 aromatic carbocycles. The summed E-state index contributed by atoms with van der Waals surface area (Å²) in [5, 5.41) is 12.0. The highest BCUT2D eigenvalue weighted by molar-refractivity contribution is 5.78. The molecule has 1 amide bonds. The van der Waals surface area contributed by atoms with Gasteiger partial charge in [-0.2, -0.15) is 0 Å². The minimum absolute atomic E-state index is 0.185. The molecule has 0 aromatic heterocycles. The molecule has 0 spiro atoms. The predicted molar refractivity (Wildman–Crippen MR) is 62.4 cm³/mol. The fourth-order valence-electron chi connectivity index (χ4n) is 2.08. The van der Waals surface area contributed by atoms with E-state index >= 15 is 0 Å². The van der Waals surface area contributed by atoms with Crippen molar-refractivity contribution in [1.29, 1.82) is 0 Å². The first-order chi connectivity index (χ1) is 8.44. The van der Waals surface area contributed by atoms with Gasteiger partial charge in [0.05, 0.1) is 12.7 Å². The summed E-state index contributed by atoms with van der Waals surface area (Å²) in [5.41, 5.74) is 0. The second kappa shape index (κ2) is 6.99. The molecule has 1 fully saturated rings. The fraction of sp³-hybridized carbons (Fsp3) is 0.917. The second-order valence-electron chi connectivity index (χ2n) is 4.82. The number of hydrogen-bond donors (Lipinski definition) is 2. The number of aliphatic hydroxyl groups is 1. The lowest BCUT2D eigenvalue weighted by Gasteiger charge is -2.27. The van der Waals surface area contributed by atoms with Gasteiger partial charge in [0.15, 0.2) is 0 Å². The largest absolute Gasteiger partial charge is 0.391 e. The van der Waals surface area contributed by atoms with Crippen LogP contribution in [0.15, 0.2) is 0 Å². The molecular weight excluding hydrogens is 244 g/mol. The van der Waals surface area contributed by atoms with Gasteiger partial charge in [-0.3, -0.25) is 4.79 Å². The van der Waals surface area contributed by atoms with Crippen LogP contribution in [0.4, 0.5) is 8.78 Å². The van der Waals surface area contributed by atoms with Gasteiger partial charge in [0, 0.05) is 32.4 Å². The van der Waals surface area contributed by atoms with Gasteiger partial charge >= 0.3 is 0 Å². The first-order valence-corrected chi connectivity index (χ1v) is 6.27. The van der Waals surface area contributed by atoms with E-state index in [1.54, 1.807) is 0 Å². The number of rotatable bonds is 6. The van der Waals surface area contributed by atoms with Crippen molar-refractivity contribution in [2.75, 3.05) is 20.3 Å². The summed E-state index contributed by atoms with van der Waals surface area (Å²) in [4.78, 5) is 11.7. The maximum absolute atomic E-state index is 12.9. The van der Waals surface area contributed by atoms with Crippen LogP contribution in [0, 0.1) is 5.92 Å². The van der Waals surface area contributed by atoms with Gasteiger partial charge in [0.25, 0.3) is 0 Å². The number of ether oxygens (including phenoxy) is 1. The van der Waals surface area contributed by atoms with Crippen LogP contribution >= 0.6 is 0 Å². The molecule has 0 bridgehead atoms. The summed E-state index contributed by atoms with van der Waals surface area (Å²) in [6.45, 7) is 0.571. The predicted octanol–water partition coefficient (Wildman–Crippen LogP) is 1.33. The lowest BCUT2D eigenvalue weighted by atomic mass is 9.86. The molecule has 0 aliphatic heterocycles. The highest BCUT2D eigenvalue weighted by Crippen LogP contribution is 2.36. The van der Waals surface area contributed by atoms with Gasteiger partial charge in [-0.1, -0.05) is 0 Å². The average Bonchev–Trinajstić information content (AvgIpc) is 2.29. The summed E-state index contributed by atoms with van der Waals surface area (Å²) < 4.78 is 30.6. The molecule has 6 heteroatoms. The molecule has 0 radical (unpaired) electrons. The molecule has 1 unspecified atom stereocenters. The molecule has 0 aromatic rings. The third-order valence-electron chi connectivity index (χ3n) is 3.22. The van der Waals surface area contributed by atoms with Crippen molar-refractivity contribution in [1.82, 2.24) is 5.32 Å². The van der Waals surface area contributed by atoms with Gasteiger partial charge in [-0.05, 0) is 19.3 Å². The van der Waals surface area contributed by atoms with Crippen molar-refractivity contribution in [2.45, 2.75) is 44.1 Å². The molecule has 1 aliphatic rings. The number of hydrogen-bond acceptors (Lipinski definition) is 3. The van der Waals surface area contributed by atoms with E-state index < -0.39 is 12.0 Å². The molecule has 0 saturated heterocycles. The molecule has 1 saturated carbocycles. The van der Waals surface area contributed by atoms with Gasteiger partial charge in [0.1, 0.15) is 0 Å². The molecule has 2 N–H and O–H groups in total. The summed E-state index contributed by atoms with van der Waals surface area (Å²) in [7, 11) is 1.49. The lowest BCUT2D eigenvalue weighted by molar-refractivity contribution is -0.129. The average molecular weight is 265 g/mol. The Morgan fingerprint density at radius 1 is 1.50 bits per heavy atom. The number of carbonyl (C=O) groups excluding carboxylic acids is 1. The molecule has 1 atom stereocenters. The molecule has 1 aliphatic carbocycles. The Labute approximate surface area is 106 Å². The van der Waals surface area contributed by atoms with Crippen LogP contribution in [0.1, 0.15) is 32.1 Å². The third-order valence-corrected chi connectivity index (χ3v) is 3.22. The van der Waals surface area contributed by atoms with Crippen LogP contribution in [0.25, 0.3) is 0 Å². The van der Waals surface area contributed by atoms with Crippen molar-refractivity contribution in [2.24, 2.45) is 5.92 Å². The quantitative estimate of drug-likeness (QED) is 0.761. The summed E-state index contributed by atoms with van der Waals surface area (Å²) in [6, 6.07) is 0. The van der Waals surface area contributed by atoms with Crippen LogP contribution < -0.4 is 5.32 Å². The van der Waals surface area contributed by atoms with Crippen molar-refractivity contribution in [3.05, 3.63) is 0 Å². The van der Waals surface area contributed by atoms with Crippen molar-refractivity contribution in [3.63, 3.8) is 0 Å². The maximum Gasteiger partial charge on any atom is 0.248 e. The van der Waals surface area contributed by atoms with Crippen LogP contribution in [0.5, 0.6) is 0 Å². The Morgan fingerprint density at radius 3 is 2.67 bits per heavy atom. The normalized spacial score (nSPS) is 21.6. The molecule has 18 heavy (non-hydrogen) atoms. The topological polar surface area (TPSA) is 58.6 Å². The SMILES string of the molecule is COCC(O)CCNC(=O)C1CCC(F)(F)CC1. The summed E-state index contributed by atoms with van der Waals surface area (Å²) >= 11 is 0. The number of alkyl halides is 2. The fourth-order valence-corrected chi connectivity index (χ4v) is 2.08. The zero-order valence-corrected chi connectivity index (χ0v) is 10.6. The van der Waals surface area contributed by atoms with Crippen LogP contribution in [0.3, 0.4) is 0 Å². The highest BCUT2D eigenvalue weighted by atomic mass is 19.3. The monoisotopic (exact) mass is 265 g/mol. The number of nitrogens with one attached hydrogen (secondary N) is 1. The van der Waals surface area contributed by atoms with E-state index in [9.17, 15) is 18.7 Å². The van der Waals surface area contributed by atoms with Gasteiger partial charge in [0.2, 0.25) is 11.8 Å². The molecular formula is C12H21F2NO3. The molecule has 1 rings (SSSR count). The molecule has 106 valence electrons. The van der Waals surface area contributed by atoms with Crippen molar-refractivity contribution >= 4 is 5.91 Å². The third kappa shape index (κ3) is 5.27. The summed E-state index contributed by atoms with van der Waals surface area (Å²) in [5.74, 6) is -3.11. The summed E-state index contributed by atoms with van der Waals surface area (Å²) in [6.07, 6.45) is -0.151. The van der Waals surface area contributed by atoms with E-state index in [-0.39, 0.29) is 44.1 Å². The van der Waals surface area contributed by atoms with E-state index in [4.69, 9.17) is 4.74 Å². The van der Waals surface area contributed by atoms with E-state index in [0.29, 0.717) is 13.0 Å². The van der Waals surface area contributed by atoms with Gasteiger partial charge in [-0.25, -0.2) is 8.78 Å². The van der Waals surface area contributed by atoms with Crippen molar-refractivity contribution < 1.29 is 23.4 Å². The first kappa shape index (κ1) is 15.3. The Bertz CT molecular complexity index is 264. The Hall–Kier alpha value is -0.750. The highest BCUT2D eigenvalue weighted by Gasteiger charge is 2.37. The molecule has 0 heterocycles. The van der Waals surface area contributed by atoms with Gasteiger partial charge in [-0.15, -0.1) is 0 Å². The minimum atomic E-state index is -2.61. The van der Waals surface area contributed by atoms with E-state index in [2.05, 4.69) is 5.32 Å². The van der Waals surface area contributed by atoms with E-state index in [1.165, 1.54) is 7.11 Å². The maximum atomic E-state index is 12.9. The Kier molecular flexibility index (Phi) is 5.95. The number of carbonyl (C=O) groups is 1. The lowest BCUT2D eigenvalue weighted by Crippen LogP contribution is -2.37. The van der Waals surface area contributed by atoms with Crippen molar-refractivity contribution in [3.8, 4) is 0 Å². The zero-order valence-electron chi connectivity index (χ0n) is 10.6. The van der Waals surface area contributed by atoms with Crippen LogP contribution in [-0.2, 0) is 9.53 Å².